The fourth-order valence-electron chi connectivity index (χ4n) is 7.64. The highest BCUT2D eigenvalue weighted by molar-refractivity contribution is 8.77. The van der Waals surface area contributed by atoms with Gasteiger partial charge < -0.3 is 29.7 Å². The Bertz CT molecular complexity index is 1300. The van der Waals surface area contributed by atoms with Crippen LogP contribution in [0.25, 0.3) is 0 Å². The number of nitrogens with zero attached hydrogens (tertiary/aromatic N) is 2. The molecule has 440 valence electrons. The summed E-state index contributed by atoms with van der Waals surface area (Å²) in [5.41, 5.74) is 1.36. The summed E-state index contributed by atoms with van der Waals surface area (Å²) in [6.07, 6.45) is 33.2. The summed E-state index contributed by atoms with van der Waals surface area (Å²) in [5, 5.41) is 13.1. The minimum absolute atomic E-state index is 0.126. The first-order valence-corrected chi connectivity index (χ1v) is 34.9. The molecule has 74 heavy (non-hydrogen) atoms. The van der Waals surface area contributed by atoms with Crippen molar-refractivity contribution in [2.75, 3.05) is 82.5 Å². The van der Waals surface area contributed by atoms with Crippen LogP contribution in [-0.2, 0) is 23.9 Å². The van der Waals surface area contributed by atoms with Crippen molar-refractivity contribution in [3.05, 3.63) is 12.2 Å². The lowest BCUT2D eigenvalue weighted by molar-refractivity contribution is -0.144. The van der Waals surface area contributed by atoms with E-state index in [4.69, 9.17) is 9.47 Å². The summed E-state index contributed by atoms with van der Waals surface area (Å²) in [6.45, 7) is 29.9. The molecule has 0 saturated carbocycles. The molecule has 2 N–H and O–H groups in total. The zero-order valence-corrected chi connectivity index (χ0v) is 53.8. The van der Waals surface area contributed by atoms with Gasteiger partial charge in [0.1, 0.15) is 0 Å². The predicted octanol–water partition coefficient (Wildman–Crippen LogP) is 17.2. The van der Waals surface area contributed by atoms with Crippen LogP contribution in [0.3, 0.4) is 0 Å². The SMILES string of the molecule is CC(C)(C)C.CCCCCC(O)C/C=C\CCCCCCCC(=O)NCCN(C)CCCN(CCC(=O)OCCCCCCSSCCCCC(C)(C)C)CCC(=O)OCCCCCCSSCCCC(C)(C)C. The lowest BCUT2D eigenvalue weighted by atomic mass is 9.90. The number of amides is 1. The molecule has 0 aromatic heterocycles. The highest BCUT2D eigenvalue weighted by Crippen LogP contribution is 2.29. The van der Waals surface area contributed by atoms with Crippen molar-refractivity contribution < 1.29 is 29.0 Å². The zero-order chi connectivity index (χ0) is 55.6. The van der Waals surface area contributed by atoms with Crippen molar-refractivity contribution in [3.63, 3.8) is 0 Å². The molecule has 13 heteroatoms. The number of hydrogen-bond donors (Lipinski definition) is 2. The van der Waals surface area contributed by atoms with E-state index in [2.05, 4.69) is 110 Å². The molecule has 0 rings (SSSR count). The standard InChI is InChI=1S/C56H109N3O6S4.C5H12/c1-9-10-21-32-51(60)33-22-15-13-11-12-14-16-23-34-52(61)57-39-44-58(8)40-31-41-59(43-36-54(63)65-46-26-18-20-28-48-67-69-50-30-38-56(5,6)7)42-35-53(62)64-45-25-17-19-27-47-66-68-49-29-24-37-55(2,3)4;1-5(2,3)4/h15,22,51,60H,9-14,16-21,23-50H2,1-8H3,(H,57,61);1-4H3/b22-15-;. The third-order valence-corrected chi connectivity index (χ3v) is 17.2. The van der Waals surface area contributed by atoms with Gasteiger partial charge in [0.2, 0.25) is 5.91 Å². The molecule has 9 nitrogen and oxygen atoms in total. The number of ether oxygens (including phenoxy) is 2. The lowest BCUT2D eigenvalue weighted by Crippen LogP contribution is -2.35. The summed E-state index contributed by atoms with van der Waals surface area (Å²) in [7, 11) is 10.1. The number of esters is 2. The van der Waals surface area contributed by atoms with Crippen LogP contribution in [0.1, 0.15) is 256 Å². The Morgan fingerprint density at radius 1 is 0.527 bits per heavy atom. The zero-order valence-electron chi connectivity index (χ0n) is 50.5. The molecular weight excluding hydrogens is 999 g/mol. The fraction of sp³-hybridized carbons (Fsp3) is 0.918. The number of nitrogens with one attached hydrogen (secondary N) is 1. The van der Waals surface area contributed by atoms with Crippen LogP contribution >= 0.6 is 43.2 Å². The molecule has 1 unspecified atom stereocenters. The summed E-state index contributed by atoms with van der Waals surface area (Å²) in [4.78, 5) is 42.4. The third kappa shape index (κ3) is 67.5. The second-order valence-electron chi connectivity index (χ2n) is 24.8. The number of aliphatic hydroxyl groups is 1. The van der Waals surface area contributed by atoms with Gasteiger partial charge >= 0.3 is 11.9 Å². The molecule has 0 heterocycles. The molecule has 0 aliphatic heterocycles. The van der Waals surface area contributed by atoms with Crippen LogP contribution in [0.15, 0.2) is 12.2 Å². The smallest absolute Gasteiger partial charge is 0.307 e. The second-order valence-corrected chi connectivity index (χ2v) is 30.2. The number of unbranched alkanes of at least 4 members (excludes halogenated alkanes) is 14. The predicted molar refractivity (Wildman–Crippen MR) is 333 cm³/mol. The van der Waals surface area contributed by atoms with Gasteiger partial charge in [-0.3, -0.25) is 14.4 Å². The first-order chi connectivity index (χ1) is 35.1. The van der Waals surface area contributed by atoms with Gasteiger partial charge in [0.25, 0.3) is 0 Å². The number of carbonyl (C=O) groups is 3. The van der Waals surface area contributed by atoms with Gasteiger partial charge in [-0.05, 0) is 126 Å². The van der Waals surface area contributed by atoms with E-state index in [0.717, 1.165) is 103 Å². The maximum atomic E-state index is 12.7. The van der Waals surface area contributed by atoms with E-state index in [1.165, 1.54) is 100 Å². The number of likely N-dealkylation sites (N-methyl/N-ethyl adjacent to an activating group) is 1. The molecular formula is C61H121N3O6S4. The van der Waals surface area contributed by atoms with Gasteiger partial charge in [-0.15, -0.1) is 0 Å². The molecule has 0 aromatic carbocycles. The second kappa shape index (κ2) is 51.8. The van der Waals surface area contributed by atoms with E-state index in [1.54, 1.807) is 0 Å². The quantitative estimate of drug-likeness (QED) is 0.0262. The van der Waals surface area contributed by atoms with Crippen molar-refractivity contribution in [2.45, 2.75) is 262 Å². The Morgan fingerprint density at radius 3 is 1.54 bits per heavy atom. The monoisotopic (exact) mass is 1120 g/mol. The molecule has 0 spiro atoms. The normalized spacial score (nSPS) is 12.6. The minimum atomic E-state index is -0.200. The van der Waals surface area contributed by atoms with E-state index in [9.17, 15) is 19.5 Å². The summed E-state index contributed by atoms with van der Waals surface area (Å²) in [5.74, 6) is 4.62. The Balaban J connectivity index is 0. The van der Waals surface area contributed by atoms with E-state index >= 15 is 0 Å². The first-order valence-electron chi connectivity index (χ1n) is 29.9. The number of carbonyl (C=O) groups excluding carboxylic acids is 3. The molecule has 0 bridgehead atoms. The highest BCUT2D eigenvalue weighted by atomic mass is 33.1. The number of rotatable bonds is 50. The van der Waals surface area contributed by atoms with Crippen LogP contribution in [0.4, 0.5) is 0 Å². The number of aliphatic hydroxyl groups excluding tert-OH is 1. The lowest BCUT2D eigenvalue weighted by Gasteiger charge is -2.23. The van der Waals surface area contributed by atoms with Crippen LogP contribution in [0, 0.1) is 16.2 Å². The summed E-state index contributed by atoms with van der Waals surface area (Å²) in [6, 6.07) is 0. The first kappa shape index (κ1) is 75.5. The fourth-order valence-corrected chi connectivity index (χ4v) is 12.2. The van der Waals surface area contributed by atoms with Gasteiger partial charge in [-0.25, -0.2) is 0 Å². The Hall–Kier alpha value is -0.570. The molecule has 0 aliphatic rings. The van der Waals surface area contributed by atoms with Crippen molar-refractivity contribution in [3.8, 4) is 0 Å². The van der Waals surface area contributed by atoms with Crippen LogP contribution in [0.2, 0.25) is 0 Å². The Labute approximate surface area is 475 Å². The van der Waals surface area contributed by atoms with E-state index in [0.29, 0.717) is 68.4 Å². The van der Waals surface area contributed by atoms with Gasteiger partial charge in [-0.2, -0.15) is 0 Å². The van der Waals surface area contributed by atoms with E-state index in [1.807, 2.05) is 43.2 Å². The molecule has 0 aromatic rings. The molecule has 0 radical (unpaired) electrons. The van der Waals surface area contributed by atoms with Gasteiger partial charge in [-0.1, -0.05) is 202 Å². The van der Waals surface area contributed by atoms with E-state index < -0.39 is 0 Å². The largest absolute Gasteiger partial charge is 0.466 e. The average molecular weight is 1120 g/mol. The Kier molecular flexibility index (Phi) is 52.9. The van der Waals surface area contributed by atoms with Crippen molar-refractivity contribution in [1.29, 1.82) is 0 Å². The molecule has 0 fully saturated rings. The van der Waals surface area contributed by atoms with Crippen LogP contribution in [0.5, 0.6) is 0 Å². The summed E-state index contributed by atoms with van der Waals surface area (Å²) >= 11 is 0. The molecule has 0 saturated heterocycles. The van der Waals surface area contributed by atoms with E-state index in [-0.39, 0.29) is 23.9 Å². The molecule has 0 aliphatic carbocycles. The minimum Gasteiger partial charge on any atom is -0.466 e. The summed E-state index contributed by atoms with van der Waals surface area (Å²) < 4.78 is 11.2. The van der Waals surface area contributed by atoms with Crippen molar-refractivity contribution in [1.82, 2.24) is 15.1 Å². The highest BCUT2D eigenvalue weighted by Gasteiger charge is 2.14. The van der Waals surface area contributed by atoms with Gasteiger partial charge in [0, 0.05) is 55.6 Å². The Morgan fingerprint density at radius 2 is 1.00 bits per heavy atom. The van der Waals surface area contributed by atoms with Crippen molar-refractivity contribution >= 4 is 61.0 Å². The number of hydrogen-bond acceptors (Lipinski definition) is 12. The topological polar surface area (TPSA) is 108 Å². The van der Waals surface area contributed by atoms with Gasteiger partial charge in [0.05, 0.1) is 32.2 Å². The number of allylic oxidation sites excluding steroid dienone is 1. The van der Waals surface area contributed by atoms with Gasteiger partial charge in [0.15, 0.2) is 0 Å². The molecule has 1 amide bonds. The van der Waals surface area contributed by atoms with Crippen LogP contribution in [-0.4, -0.2) is 121 Å². The average Bonchev–Trinajstić information content (AvgIpc) is 3.30. The molecule has 1 atom stereocenters. The van der Waals surface area contributed by atoms with Crippen molar-refractivity contribution in [2.24, 2.45) is 16.2 Å². The maximum absolute atomic E-state index is 12.7. The van der Waals surface area contributed by atoms with Crippen LogP contribution < -0.4 is 5.32 Å². The third-order valence-electron chi connectivity index (χ3n) is 12.1. The maximum Gasteiger partial charge on any atom is 0.307 e.